The van der Waals surface area contributed by atoms with Crippen molar-refractivity contribution in [3.8, 4) is 10.4 Å². The van der Waals surface area contributed by atoms with Gasteiger partial charge in [0.2, 0.25) is 0 Å². The SMILES string of the molecule is Fc1ccc(-c2ccc(Nc3nc4c(F)cccc4s3)s2)cc1. The minimum Gasteiger partial charge on any atom is -0.323 e. The third-order valence-electron chi connectivity index (χ3n) is 3.33. The number of fused-ring (bicyclic) bond motifs is 1. The van der Waals surface area contributed by atoms with E-state index in [1.54, 1.807) is 29.5 Å². The molecule has 114 valence electrons. The number of hydrogen-bond acceptors (Lipinski definition) is 4. The van der Waals surface area contributed by atoms with Gasteiger partial charge in [0.15, 0.2) is 5.13 Å². The highest BCUT2D eigenvalue weighted by Crippen LogP contribution is 2.35. The first kappa shape index (κ1) is 14.3. The molecule has 0 aliphatic rings. The van der Waals surface area contributed by atoms with Crippen molar-refractivity contribution < 1.29 is 8.78 Å². The van der Waals surface area contributed by atoms with Gasteiger partial charge in [0.25, 0.3) is 0 Å². The van der Waals surface area contributed by atoms with Gasteiger partial charge in [0.05, 0.1) is 9.70 Å². The smallest absolute Gasteiger partial charge is 0.188 e. The fraction of sp³-hybridized carbons (Fsp3) is 0. The molecule has 0 saturated heterocycles. The number of nitrogens with zero attached hydrogens (tertiary/aromatic N) is 1. The fourth-order valence-corrected chi connectivity index (χ4v) is 4.12. The molecule has 0 amide bonds. The maximum absolute atomic E-state index is 13.7. The Morgan fingerprint density at radius 2 is 1.70 bits per heavy atom. The van der Waals surface area contributed by atoms with E-state index in [4.69, 9.17) is 0 Å². The van der Waals surface area contributed by atoms with Crippen molar-refractivity contribution in [2.24, 2.45) is 0 Å². The molecule has 0 spiro atoms. The normalized spacial score (nSPS) is 11.0. The van der Waals surface area contributed by atoms with E-state index in [2.05, 4.69) is 10.3 Å². The maximum Gasteiger partial charge on any atom is 0.188 e. The predicted octanol–water partition coefficient (Wildman–Crippen LogP) is 6.05. The number of halogens is 2. The average molecular weight is 344 g/mol. The Balaban J connectivity index is 1.61. The number of benzene rings is 2. The summed E-state index contributed by atoms with van der Waals surface area (Å²) in [4.78, 5) is 5.32. The van der Waals surface area contributed by atoms with Crippen molar-refractivity contribution in [2.75, 3.05) is 5.32 Å². The summed E-state index contributed by atoms with van der Waals surface area (Å²) in [6.45, 7) is 0. The summed E-state index contributed by atoms with van der Waals surface area (Å²) in [6.07, 6.45) is 0. The van der Waals surface area contributed by atoms with Gasteiger partial charge in [-0.3, -0.25) is 0 Å². The van der Waals surface area contributed by atoms with Crippen molar-refractivity contribution in [1.29, 1.82) is 0 Å². The number of hydrogen-bond donors (Lipinski definition) is 1. The summed E-state index contributed by atoms with van der Waals surface area (Å²) < 4.78 is 27.5. The van der Waals surface area contributed by atoms with E-state index in [0.717, 1.165) is 20.1 Å². The molecular formula is C17H10F2N2S2. The Hall–Kier alpha value is -2.31. The summed E-state index contributed by atoms with van der Waals surface area (Å²) in [7, 11) is 0. The van der Waals surface area contributed by atoms with Crippen LogP contribution in [0.4, 0.5) is 18.9 Å². The number of anilines is 2. The molecule has 0 unspecified atom stereocenters. The molecule has 2 heterocycles. The van der Waals surface area contributed by atoms with Crippen LogP contribution in [-0.2, 0) is 0 Å². The lowest BCUT2D eigenvalue weighted by Crippen LogP contribution is -1.85. The molecule has 0 saturated carbocycles. The van der Waals surface area contributed by atoms with Crippen LogP contribution < -0.4 is 5.32 Å². The van der Waals surface area contributed by atoms with Gasteiger partial charge >= 0.3 is 0 Å². The van der Waals surface area contributed by atoms with Crippen LogP contribution in [0.3, 0.4) is 0 Å². The molecule has 0 atom stereocenters. The molecule has 0 radical (unpaired) electrons. The topological polar surface area (TPSA) is 24.9 Å². The quantitative estimate of drug-likeness (QED) is 0.489. The zero-order valence-corrected chi connectivity index (χ0v) is 13.3. The second kappa shape index (κ2) is 5.72. The first-order chi connectivity index (χ1) is 11.2. The van der Waals surface area contributed by atoms with E-state index < -0.39 is 0 Å². The summed E-state index contributed by atoms with van der Waals surface area (Å²) >= 11 is 2.95. The van der Waals surface area contributed by atoms with Gasteiger partial charge in [-0.25, -0.2) is 13.8 Å². The molecule has 2 aromatic heterocycles. The van der Waals surface area contributed by atoms with E-state index in [9.17, 15) is 8.78 Å². The number of rotatable bonds is 3. The molecule has 2 aromatic carbocycles. The number of thiophene rings is 1. The van der Waals surface area contributed by atoms with Crippen LogP contribution in [0.1, 0.15) is 0 Å². The molecule has 4 rings (SSSR count). The molecule has 1 N–H and O–H groups in total. The van der Waals surface area contributed by atoms with Crippen LogP contribution in [0.25, 0.3) is 20.7 Å². The number of nitrogens with one attached hydrogen (secondary N) is 1. The average Bonchev–Trinajstić information content (AvgIpc) is 3.16. The van der Waals surface area contributed by atoms with Gasteiger partial charge in [-0.15, -0.1) is 11.3 Å². The number of aromatic nitrogens is 1. The zero-order chi connectivity index (χ0) is 15.8. The van der Waals surface area contributed by atoms with E-state index in [0.29, 0.717) is 10.6 Å². The third kappa shape index (κ3) is 2.83. The number of thiazole rings is 1. The van der Waals surface area contributed by atoms with Crippen LogP contribution in [0.2, 0.25) is 0 Å². The van der Waals surface area contributed by atoms with Crippen LogP contribution in [0.5, 0.6) is 0 Å². The standard InChI is InChI=1S/C17H10F2N2S2/c18-11-6-4-10(5-7-11)13-8-9-15(22-13)20-17-21-16-12(19)2-1-3-14(16)23-17/h1-9H,(H,20,21). The fourth-order valence-electron chi connectivity index (χ4n) is 2.25. The molecule has 0 bridgehead atoms. The molecule has 23 heavy (non-hydrogen) atoms. The molecule has 2 nitrogen and oxygen atoms in total. The van der Waals surface area contributed by atoms with Crippen LogP contribution >= 0.6 is 22.7 Å². The van der Waals surface area contributed by atoms with Gasteiger partial charge < -0.3 is 5.32 Å². The molecule has 0 fully saturated rings. The Bertz CT molecular complexity index is 974. The predicted molar refractivity (Wildman–Crippen MR) is 92.6 cm³/mol. The van der Waals surface area contributed by atoms with Crippen molar-refractivity contribution in [2.45, 2.75) is 0 Å². The van der Waals surface area contributed by atoms with Crippen LogP contribution in [0.15, 0.2) is 54.6 Å². The second-order valence-electron chi connectivity index (χ2n) is 4.90. The van der Waals surface area contributed by atoms with Gasteiger partial charge in [-0.1, -0.05) is 29.5 Å². The van der Waals surface area contributed by atoms with Crippen molar-refractivity contribution in [3.05, 3.63) is 66.2 Å². The Kier molecular flexibility index (Phi) is 3.55. The highest BCUT2D eigenvalue weighted by Gasteiger charge is 2.09. The van der Waals surface area contributed by atoms with Gasteiger partial charge in [-0.05, 0) is 42.0 Å². The van der Waals surface area contributed by atoms with Crippen LogP contribution in [0, 0.1) is 11.6 Å². The van der Waals surface area contributed by atoms with Crippen molar-refractivity contribution >= 4 is 43.0 Å². The lowest BCUT2D eigenvalue weighted by molar-refractivity contribution is 0.628. The highest BCUT2D eigenvalue weighted by atomic mass is 32.1. The van der Waals surface area contributed by atoms with Gasteiger partial charge in [0, 0.05) is 4.88 Å². The largest absolute Gasteiger partial charge is 0.323 e. The summed E-state index contributed by atoms with van der Waals surface area (Å²) in [5, 5.41) is 4.76. The lowest BCUT2D eigenvalue weighted by Gasteiger charge is -1.98. The third-order valence-corrected chi connectivity index (χ3v) is 5.32. The Morgan fingerprint density at radius 1 is 0.870 bits per heavy atom. The van der Waals surface area contributed by atoms with Crippen molar-refractivity contribution in [1.82, 2.24) is 4.98 Å². The second-order valence-corrected chi connectivity index (χ2v) is 7.02. The maximum atomic E-state index is 13.7. The molecule has 0 aliphatic heterocycles. The monoisotopic (exact) mass is 344 g/mol. The van der Waals surface area contributed by atoms with E-state index >= 15 is 0 Å². The summed E-state index contributed by atoms with van der Waals surface area (Å²) in [5.74, 6) is -0.565. The zero-order valence-electron chi connectivity index (χ0n) is 11.7. The molecule has 0 aliphatic carbocycles. The first-order valence-electron chi connectivity index (χ1n) is 6.87. The van der Waals surface area contributed by atoms with Crippen LogP contribution in [-0.4, -0.2) is 4.98 Å². The van der Waals surface area contributed by atoms with Gasteiger partial charge in [-0.2, -0.15) is 0 Å². The molecular weight excluding hydrogens is 334 g/mol. The van der Waals surface area contributed by atoms with E-state index in [1.807, 2.05) is 18.2 Å². The molecule has 6 heteroatoms. The highest BCUT2D eigenvalue weighted by molar-refractivity contribution is 7.23. The molecule has 4 aromatic rings. The van der Waals surface area contributed by atoms with E-state index in [-0.39, 0.29) is 11.6 Å². The Morgan fingerprint density at radius 3 is 2.48 bits per heavy atom. The minimum absolute atomic E-state index is 0.250. The van der Waals surface area contributed by atoms with Crippen molar-refractivity contribution in [3.63, 3.8) is 0 Å². The lowest BCUT2D eigenvalue weighted by atomic mass is 10.2. The van der Waals surface area contributed by atoms with E-state index in [1.165, 1.54) is 29.5 Å². The summed E-state index contributed by atoms with van der Waals surface area (Å²) in [6, 6.07) is 15.2. The number of para-hydroxylation sites is 1. The minimum atomic E-state index is -0.315. The summed E-state index contributed by atoms with van der Waals surface area (Å²) in [5.41, 5.74) is 1.34. The Labute approximate surface area is 139 Å². The first-order valence-corrected chi connectivity index (χ1v) is 8.50. The van der Waals surface area contributed by atoms with Gasteiger partial charge in [0.1, 0.15) is 17.2 Å².